The number of carbonyl (C=O) groups is 1. The first-order chi connectivity index (χ1) is 13.4. The van der Waals surface area contributed by atoms with E-state index in [9.17, 15) is 19.4 Å². The van der Waals surface area contributed by atoms with Crippen molar-refractivity contribution in [3.8, 4) is 0 Å². The first-order valence-electron chi connectivity index (χ1n) is 9.35. The van der Waals surface area contributed by atoms with E-state index < -0.39 is 19.2 Å². The second-order valence-electron chi connectivity index (χ2n) is 7.27. The van der Waals surface area contributed by atoms with Gasteiger partial charge in [-0.25, -0.2) is 4.79 Å². The van der Waals surface area contributed by atoms with Gasteiger partial charge in [0.25, 0.3) is 5.16 Å². The quantitative estimate of drug-likeness (QED) is 0.492. The highest BCUT2D eigenvalue weighted by Gasteiger charge is 2.57. The maximum Gasteiger partial charge on any atom is 0.523 e. The van der Waals surface area contributed by atoms with Gasteiger partial charge in [0.15, 0.2) is 0 Å². The Morgan fingerprint density at radius 3 is 2.32 bits per heavy atom. The van der Waals surface area contributed by atoms with Gasteiger partial charge in [-0.2, -0.15) is 4.89 Å². The molecule has 0 aliphatic carbocycles. The third-order valence-electron chi connectivity index (χ3n) is 5.43. The van der Waals surface area contributed by atoms with Gasteiger partial charge < -0.3 is 5.11 Å². The van der Waals surface area contributed by atoms with Crippen LogP contribution in [0.3, 0.4) is 0 Å². The Labute approximate surface area is 165 Å². The van der Waals surface area contributed by atoms with E-state index in [1.807, 2.05) is 79.7 Å². The lowest BCUT2D eigenvalue weighted by molar-refractivity contribution is -0.140. The van der Waals surface area contributed by atoms with Crippen LogP contribution in [0, 0.1) is 0 Å². The second kappa shape index (κ2) is 8.64. The van der Waals surface area contributed by atoms with Gasteiger partial charge in [-0.15, -0.1) is 0 Å². The topological polar surface area (TPSA) is 74.6 Å². The molecule has 0 amide bonds. The van der Waals surface area contributed by atoms with E-state index >= 15 is 0 Å². The van der Waals surface area contributed by atoms with Crippen molar-refractivity contribution in [2.45, 2.75) is 37.3 Å². The Kier molecular flexibility index (Phi) is 6.23. The Hall–Kier alpha value is -2.55. The molecular weight excluding hydrogens is 371 g/mol. The third-order valence-corrected chi connectivity index (χ3v) is 6.76. The van der Waals surface area contributed by atoms with Gasteiger partial charge in [-0.1, -0.05) is 79.7 Å². The van der Waals surface area contributed by atoms with Crippen LogP contribution < -0.4 is 0 Å². The molecule has 0 aliphatic heterocycles. The Morgan fingerprint density at radius 1 is 1.00 bits per heavy atom. The lowest BCUT2D eigenvalue weighted by Gasteiger charge is -2.22. The molecule has 0 bridgehead atoms. The number of fused-ring (bicyclic) bond motifs is 1. The summed E-state index contributed by atoms with van der Waals surface area (Å²) in [4.78, 5) is 22.2. The minimum Gasteiger partial charge on any atom is -0.478 e. The number of hydrogen-bond acceptors (Lipinski definition) is 2. The van der Waals surface area contributed by atoms with Crippen molar-refractivity contribution in [1.29, 1.82) is 0 Å². The standard InChI is InChI=1S/C23H23O4P/c1-17(20-13-7-11-19-10-5-6-12-21(19)20)16-23(22(24)25,28(26)27)15-14-18-8-3-2-4-9-18/h2-13,17H,14-16H2,1H3,(H-,24,25,26,27)/p+1. The van der Waals surface area contributed by atoms with Gasteiger partial charge in [0, 0.05) is 12.8 Å². The van der Waals surface area contributed by atoms with E-state index in [0.717, 1.165) is 21.9 Å². The molecule has 5 heteroatoms. The summed E-state index contributed by atoms with van der Waals surface area (Å²) in [5.41, 5.74) is 1.96. The maximum atomic E-state index is 12.3. The van der Waals surface area contributed by atoms with Crippen LogP contribution in [-0.4, -0.2) is 21.1 Å². The molecule has 28 heavy (non-hydrogen) atoms. The summed E-state index contributed by atoms with van der Waals surface area (Å²) in [6.07, 6.45) is 0.666. The molecule has 3 unspecified atom stereocenters. The summed E-state index contributed by atoms with van der Waals surface area (Å²) in [6.45, 7) is 1.93. The first-order valence-corrected chi connectivity index (χ1v) is 10.6. The smallest absolute Gasteiger partial charge is 0.478 e. The highest BCUT2D eigenvalue weighted by atomic mass is 31.1. The van der Waals surface area contributed by atoms with Crippen LogP contribution in [0.1, 0.15) is 36.8 Å². The number of carboxylic acid groups (broad SMARTS) is 1. The van der Waals surface area contributed by atoms with Crippen LogP contribution in [0.15, 0.2) is 72.8 Å². The molecule has 0 fully saturated rings. The van der Waals surface area contributed by atoms with Crippen LogP contribution in [0.5, 0.6) is 0 Å². The fourth-order valence-corrected chi connectivity index (χ4v) is 4.74. The molecule has 0 saturated heterocycles. The Balaban J connectivity index is 1.92. The van der Waals surface area contributed by atoms with Crippen LogP contribution >= 0.6 is 8.03 Å². The maximum absolute atomic E-state index is 12.3. The predicted octanol–water partition coefficient (Wildman–Crippen LogP) is 5.52. The minimum atomic E-state index is -2.90. The van der Waals surface area contributed by atoms with Crippen molar-refractivity contribution in [3.63, 3.8) is 0 Å². The zero-order chi connectivity index (χ0) is 20.1. The number of benzene rings is 3. The average molecular weight is 395 g/mol. The zero-order valence-electron chi connectivity index (χ0n) is 15.8. The number of hydrogen-bond donors (Lipinski definition) is 2. The molecule has 0 radical (unpaired) electrons. The lowest BCUT2D eigenvalue weighted by atomic mass is 9.84. The fraction of sp³-hybridized carbons (Fsp3) is 0.261. The van der Waals surface area contributed by atoms with E-state index in [0.29, 0.717) is 6.42 Å². The summed E-state index contributed by atoms with van der Waals surface area (Å²) < 4.78 is 12.3. The van der Waals surface area contributed by atoms with Gasteiger partial charge in [0.05, 0.1) is 0 Å². The van der Waals surface area contributed by atoms with Crippen LogP contribution in [0.25, 0.3) is 10.8 Å². The third kappa shape index (κ3) is 4.14. The number of aliphatic carboxylic acids is 1. The van der Waals surface area contributed by atoms with Crippen molar-refractivity contribution in [1.82, 2.24) is 0 Å². The summed E-state index contributed by atoms with van der Waals surface area (Å²) >= 11 is 0. The average Bonchev–Trinajstić information content (AvgIpc) is 2.70. The molecule has 3 aromatic carbocycles. The zero-order valence-corrected chi connectivity index (χ0v) is 16.7. The second-order valence-corrected chi connectivity index (χ2v) is 8.67. The van der Waals surface area contributed by atoms with Gasteiger partial charge in [-0.3, -0.25) is 0 Å². The molecule has 0 aliphatic rings. The number of carboxylic acids is 1. The summed E-state index contributed by atoms with van der Waals surface area (Å²) in [6, 6.07) is 23.3. The van der Waals surface area contributed by atoms with Crippen molar-refractivity contribution in [3.05, 3.63) is 83.9 Å². The van der Waals surface area contributed by atoms with Crippen LogP contribution in [-0.2, 0) is 15.8 Å². The van der Waals surface area contributed by atoms with Gasteiger partial charge in [0.2, 0.25) is 0 Å². The van der Waals surface area contributed by atoms with E-state index in [2.05, 4.69) is 0 Å². The predicted molar refractivity (Wildman–Crippen MR) is 112 cm³/mol. The largest absolute Gasteiger partial charge is 0.523 e. The van der Waals surface area contributed by atoms with Crippen molar-refractivity contribution in [2.24, 2.45) is 0 Å². The number of aryl methyl sites for hydroxylation is 1. The van der Waals surface area contributed by atoms with Crippen molar-refractivity contribution >= 4 is 24.8 Å². The molecule has 0 heterocycles. The molecule has 4 nitrogen and oxygen atoms in total. The fourth-order valence-electron chi connectivity index (χ4n) is 3.84. The molecular formula is C23H24O4P+. The van der Waals surface area contributed by atoms with E-state index in [1.165, 1.54) is 0 Å². The monoisotopic (exact) mass is 395 g/mol. The van der Waals surface area contributed by atoms with Gasteiger partial charge >= 0.3 is 14.0 Å². The summed E-state index contributed by atoms with van der Waals surface area (Å²) in [7, 11) is -2.90. The Morgan fingerprint density at radius 2 is 1.64 bits per heavy atom. The highest BCUT2D eigenvalue weighted by molar-refractivity contribution is 7.41. The molecule has 0 saturated carbocycles. The van der Waals surface area contributed by atoms with E-state index in [1.54, 1.807) is 0 Å². The van der Waals surface area contributed by atoms with Crippen LogP contribution in [0.4, 0.5) is 0 Å². The molecule has 0 aromatic heterocycles. The van der Waals surface area contributed by atoms with Crippen molar-refractivity contribution < 1.29 is 19.4 Å². The van der Waals surface area contributed by atoms with Gasteiger partial charge in [0.1, 0.15) is 0 Å². The van der Waals surface area contributed by atoms with Gasteiger partial charge in [-0.05, 0) is 38.8 Å². The summed E-state index contributed by atoms with van der Waals surface area (Å²) in [5.74, 6) is -1.39. The van der Waals surface area contributed by atoms with Crippen LogP contribution in [0.2, 0.25) is 0 Å². The molecule has 3 rings (SSSR count). The highest BCUT2D eigenvalue weighted by Crippen LogP contribution is 2.47. The first kappa shape index (κ1) is 20.2. The van der Waals surface area contributed by atoms with E-state index in [4.69, 9.17) is 0 Å². The number of rotatable bonds is 8. The molecule has 144 valence electrons. The molecule has 3 aromatic rings. The van der Waals surface area contributed by atoms with E-state index in [-0.39, 0.29) is 18.8 Å². The van der Waals surface area contributed by atoms with Crippen molar-refractivity contribution in [2.75, 3.05) is 0 Å². The Bertz CT molecular complexity index is 965. The lowest BCUT2D eigenvalue weighted by Crippen LogP contribution is -2.37. The normalized spacial score (nSPS) is 15.0. The minimum absolute atomic E-state index is 0.106. The molecule has 3 atom stereocenters. The summed E-state index contributed by atoms with van der Waals surface area (Å²) in [5, 5.41) is 10.4. The molecule has 2 N–H and O–H groups in total. The molecule has 0 spiro atoms. The SMILES string of the molecule is CC(CC(CCc1ccccc1)(C(=O)O)[P+](=O)O)c1cccc2ccccc12.